The summed E-state index contributed by atoms with van der Waals surface area (Å²) in [5, 5.41) is 0. The van der Waals surface area contributed by atoms with Crippen molar-refractivity contribution in [3.63, 3.8) is 0 Å². The number of hydrogen-bond donors (Lipinski definition) is 0. The normalized spacial score (nSPS) is 13.6. The number of halogens is 2. The second kappa shape index (κ2) is 6.29. The van der Waals surface area contributed by atoms with Crippen LogP contribution in [0.1, 0.15) is 0 Å². The fourth-order valence-corrected chi connectivity index (χ4v) is 1.20. The highest BCUT2D eigenvalue weighted by molar-refractivity contribution is 8.13. The van der Waals surface area contributed by atoms with E-state index in [0.717, 1.165) is 0 Å². The molecule has 0 unspecified atom stereocenters. The summed E-state index contributed by atoms with van der Waals surface area (Å²) in [6, 6.07) is 0. The zero-order chi connectivity index (χ0) is 10.3. The van der Waals surface area contributed by atoms with Crippen LogP contribution < -0.4 is 0 Å². The molecular weight excluding hydrogens is 235 g/mol. The van der Waals surface area contributed by atoms with Gasteiger partial charge in [-0.15, -0.1) is 11.6 Å². The van der Waals surface area contributed by atoms with Crippen molar-refractivity contribution in [2.75, 3.05) is 18.7 Å². The standard InChI is InChI=1S/C7H10Cl2O3S/c1-12-7(3-2-5-8)4-6-13(9,10)11/h2-4H,5-6H2,1H3/b3-2-,7-4+. The first kappa shape index (κ1) is 12.8. The number of allylic oxidation sites excluding steroid dienone is 2. The average Bonchev–Trinajstić information content (AvgIpc) is 2.03. The highest BCUT2D eigenvalue weighted by atomic mass is 35.7. The summed E-state index contributed by atoms with van der Waals surface area (Å²) in [7, 11) is 2.92. The van der Waals surface area contributed by atoms with Crippen LogP contribution in [-0.2, 0) is 13.8 Å². The highest BCUT2D eigenvalue weighted by Gasteiger charge is 2.02. The molecule has 0 rings (SSSR count). The lowest BCUT2D eigenvalue weighted by Crippen LogP contribution is -1.95. The fourth-order valence-electron chi connectivity index (χ4n) is 0.562. The molecule has 0 radical (unpaired) electrons. The van der Waals surface area contributed by atoms with E-state index in [1.807, 2.05) is 0 Å². The molecule has 0 saturated heterocycles. The van der Waals surface area contributed by atoms with Gasteiger partial charge in [0.25, 0.3) is 0 Å². The summed E-state index contributed by atoms with van der Waals surface area (Å²) < 4.78 is 25.9. The van der Waals surface area contributed by atoms with E-state index >= 15 is 0 Å². The third-order valence-electron chi connectivity index (χ3n) is 1.09. The van der Waals surface area contributed by atoms with Crippen molar-refractivity contribution in [2.45, 2.75) is 0 Å². The molecule has 0 bridgehead atoms. The Bertz CT molecular complexity index is 293. The Kier molecular flexibility index (Phi) is 6.20. The number of ether oxygens (including phenoxy) is 1. The topological polar surface area (TPSA) is 43.4 Å². The first-order chi connectivity index (χ1) is 5.99. The van der Waals surface area contributed by atoms with E-state index in [9.17, 15) is 8.42 Å². The van der Waals surface area contributed by atoms with Gasteiger partial charge in [-0.05, 0) is 12.2 Å². The van der Waals surface area contributed by atoms with E-state index in [-0.39, 0.29) is 5.75 Å². The molecular formula is C7H10Cl2O3S. The summed E-state index contributed by atoms with van der Waals surface area (Å²) in [6.07, 6.45) is 4.58. The van der Waals surface area contributed by atoms with Gasteiger partial charge in [0.05, 0.1) is 12.9 Å². The van der Waals surface area contributed by atoms with Crippen LogP contribution in [0.25, 0.3) is 0 Å². The van der Waals surface area contributed by atoms with Crippen molar-refractivity contribution < 1.29 is 13.2 Å². The summed E-state index contributed by atoms with van der Waals surface area (Å²) >= 11 is 5.38. The molecule has 0 fully saturated rings. The molecule has 0 saturated carbocycles. The molecule has 0 aliphatic heterocycles. The first-order valence-corrected chi connectivity index (χ1v) is 6.40. The van der Waals surface area contributed by atoms with Crippen LogP contribution in [0.3, 0.4) is 0 Å². The van der Waals surface area contributed by atoms with Crippen LogP contribution in [0.15, 0.2) is 24.0 Å². The maximum absolute atomic E-state index is 10.5. The lowest BCUT2D eigenvalue weighted by atomic mass is 10.4. The van der Waals surface area contributed by atoms with E-state index in [2.05, 4.69) is 0 Å². The van der Waals surface area contributed by atoms with Crippen molar-refractivity contribution in [3.05, 3.63) is 24.0 Å². The van der Waals surface area contributed by atoms with Gasteiger partial charge < -0.3 is 4.74 Å². The van der Waals surface area contributed by atoms with Crippen LogP contribution in [0.5, 0.6) is 0 Å². The Morgan fingerprint density at radius 2 is 2.15 bits per heavy atom. The maximum atomic E-state index is 10.5. The molecule has 0 aromatic rings. The Labute approximate surface area is 87.4 Å². The molecule has 0 atom stereocenters. The summed E-state index contributed by atoms with van der Waals surface area (Å²) in [4.78, 5) is 0. The molecule has 0 amide bonds. The van der Waals surface area contributed by atoms with E-state index in [1.165, 1.54) is 13.2 Å². The summed E-state index contributed by atoms with van der Waals surface area (Å²) in [5.74, 6) is 0.503. The molecule has 0 aromatic heterocycles. The molecule has 13 heavy (non-hydrogen) atoms. The van der Waals surface area contributed by atoms with Gasteiger partial charge in [0.15, 0.2) is 0 Å². The molecule has 76 valence electrons. The number of methoxy groups -OCH3 is 1. The van der Waals surface area contributed by atoms with Gasteiger partial charge in [0.1, 0.15) is 5.76 Å². The molecule has 6 heteroatoms. The molecule has 0 aromatic carbocycles. The smallest absolute Gasteiger partial charge is 0.236 e. The quantitative estimate of drug-likeness (QED) is 0.321. The van der Waals surface area contributed by atoms with Crippen LogP contribution in [0, 0.1) is 0 Å². The second-order valence-electron chi connectivity index (χ2n) is 2.07. The maximum Gasteiger partial charge on any atom is 0.236 e. The molecule has 0 aliphatic carbocycles. The van der Waals surface area contributed by atoms with Gasteiger partial charge in [-0.1, -0.05) is 6.08 Å². The van der Waals surface area contributed by atoms with Gasteiger partial charge in [0, 0.05) is 16.6 Å². The molecule has 0 N–H and O–H groups in total. The highest BCUT2D eigenvalue weighted by Crippen LogP contribution is 2.03. The minimum atomic E-state index is -3.51. The van der Waals surface area contributed by atoms with Gasteiger partial charge in [-0.25, -0.2) is 8.42 Å². The molecule has 0 heterocycles. The number of rotatable bonds is 5. The Hall–Kier alpha value is -0.190. The van der Waals surface area contributed by atoms with Gasteiger partial charge in [0.2, 0.25) is 9.05 Å². The van der Waals surface area contributed by atoms with Crippen molar-refractivity contribution in [1.29, 1.82) is 0 Å². The van der Waals surface area contributed by atoms with Crippen LogP contribution >= 0.6 is 22.3 Å². The molecule has 0 spiro atoms. The Morgan fingerprint density at radius 3 is 2.54 bits per heavy atom. The zero-order valence-electron chi connectivity index (χ0n) is 7.04. The number of alkyl halides is 1. The largest absolute Gasteiger partial charge is 0.497 e. The second-order valence-corrected chi connectivity index (χ2v) is 5.20. The van der Waals surface area contributed by atoms with Crippen molar-refractivity contribution in [1.82, 2.24) is 0 Å². The average molecular weight is 245 g/mol. The SMILES string of the molecule is COC(/C=C\CCl)=C/CS(=O)(=O)Cl. The third kappa shape index (κ3) is 8.15. The predicted molar refractivity (Wildman–Crippen MR) is 54.6 cm³/mol. The van der Waals surface area contributed by atoms with Crippen molar-refractivity contribution >= 4 is 31.3 Å². The summed E-state index contributed by atoms with van der Waals surface area (Å²) in [5.41, 5.74) is 0. The van der Waals surface area contributed by atoms with Crippen molar-refractivity contribution in [3.8, 4) is 0 Å². The lowest BCUT2D eigenvalue weighted by Gasteiger charge is -1.98. The molecule has 3 nitrogen and oxygen atoms in total. The Morgan fingerprint density at radius 1 is 1.54 bits per heavy atom. The van der Waals surface area contributed by atoms with Crippen LogP contribution in [-0.4, -0.2) is 27.2 Å². The number of hydrogen-bond acceptors (Lipinski definition) is 3. The minimum Gasteiger partial charge on any atom is -0.497 e. The lowest BCUT2D eigenvalue weighted by molar-refractivity contribution is 0.306. The summed E-state index contributed by atoms with van der Waals surface area (Å²) in [6.45, 7) is 0. The van der Waals surface area contributed by atoms with Gasteiger partial charge in [-0.2, -0.15) is 0 Å². The van der Waals surface area contributed by atoms with E-state index in [1.54, 1.807) is 12.2 Å². The predicted octanol–water partition coefficient (Wildman–Crippen LogP) is 1.88. The van der Waals surface area contributed by atoms with Crippen molar-refractivity contribution in [2.24, 2.45) is 0 Å². The zero-order valence-corrected chi connectivity index (χ0v) is 9.36. The fraction of sp³-hybridized carbons (Fsp3) is 0.429. The minimum absolute atomic E-state index is 0.260. The molecule has 0 aliphatic rings. The van der Waals surface area contributed by atoms with E-state index in [4.69, 9.17) is 27.0 Å². The van der Waals surface area contributed by atoms with E-state index < -0.39 is 9.05 Å². The Balaban J connectivity index is 4.32. The third-order valence-corrected chi connectivity index (χ3v) is 2.21. The first-order valence-electron chi connectivity index (χ1n) is 3.38. The van der Waals surface area contributed by atoms with Crippen LogP contribution in [0.4, 0.5) is 0 Å². The monoisotopic (exact) mass is 244 g/mol. The van der Waals surface area contributed by atoms with E-state index in [0.29, 0.717) is 11.6 Å². The van der Waals surface area contributed by atoms with Gasteiger partial charge in [-0.3, -0.25) is 0 Å². The van der Waals surface area contributed by atoms with Crippen LogP contribution in [0.2, 0.25) is 0 Å². The van der Waals surface area contributed by atoms with Gasteiger partial charge >= 0.3 is 0 Å².